The minimum atomic E-state index is -3.26. The predicted molar refractivity (Wildman–Crippen MR) is 106 cm³/mol. The van der Waals surface area contributed by atoms with Crippen molar-refractivity contribution >= 4 is 15.7 Å². The lowest BCUT2D eigenvalue weighted by Gasteiger charge is -2.13. The Labute approximate surface area is 164 Å². The molecule has 0 aliphatic heterocycles. The smallest absolute Gasteiger partial charge is 0.258 e. The maximum atomic E-state index is 12.7. The average Bonchev–Trinajstić information content (AvgIpc) is 3.44. The molecule has 1 aromatic heterocycles. The third-order valence-electron chi connectivity index (χ3n) is 4.15. The minimum absolute atomic E-state index is 0.189. The van der Waals surface area contributed by atoms with Crippen LogP contribution in [0.2, 0.25) is 0 Å². The molecule has 8 heteroatoms. The van der Waals surface area contributed by atoms with Crippen LogP contribution in [0.3, 0.4) is 0 Å². The van der Waals surface area contributed by atoms with Crippen molar-refractivity contribution in [3.05, 3.63) is 59.4 Å². The highest BCUT2D eigenvalue weighted by atomic mass is 32.2. The quantitative estimate of drug-likeness (QED) is 0.730. The van der Waals surface area contributed by atoms with Gasteiger partial charge in [-0.05, 0) is 37.8 Å². The minimum Gasteiger partial charge on any atom is -0.438 e. The fourth-order valence-corrected chi connectivity index (χ4v) is 3.03. The summed E-state index contributed by atoms with van der Waals surface area (Å²) >= 11 is 0. The van der Waals surface area contributed by atoms with Gasteiger partial charge < -0.3 is 10.1 Å². The second-order valence-corrected chi connectivity index (χ2v) is 8.92. The van der Waals surface area contributed by atoms with Crippen molar-refractivity contribution < 1.29 is 17.9 Å². The molecule has 1 N–H and O–H groups in total. The zero-order valence-corrected chi connectivity index (χ0v) is 16.6. The van der Waals surface area contributed by atoms with Crippen molar-refractivity contribution in [3.63, 3.8) is 0 Å². The molecule has 1 atom stereocenters. The molecule has 1 aliphatic rings. The van der Waals surface area contributed by atoms with Gasteiger partial charge in [0.15, 0.2) is 9.84 Å². The van der Waals surface area contributed by atoms with E-state index in [-0.39, 0.29) is 11.4 Å². The summed E-state index contributed by atoms with van der Waals surface area (Å²) < 4.78 is 28.3. The molecule has 1 aromatic carbocycles. The molecule has 148 valence electrons. The van der Waals surface area contributed by atoms with E-state index in [2.05, 4.69) is 15.3 Å². The highest BCUT2D eigenvalue weighted by Gasteiger charge is 2.24. The van der Waals surface area contributed by atoms with E-state index in [1.165, 1.54) is 25.1 Å². The molecule has 1 amide bonds. The normalized spacial score (nSPS) is 15.4. The van der Waals surface area contributed by atoms with E-state index >= 15 is 0 Å². The maximum absolute atomic E-state index is 12.7. The number of para-hydroxylation sites is 1. The second kappa shape index (κ2) is 8.52. The largest absolute Gasteiger partial charge is 0.438 e. The lowest BCUT2D eigenvalue weighted by molar-refractivity contribution is 0.0943. The van der Waals surface area contributed by atoms with Crippen LogP contribution >= 0.6 is 0 Å². The molecule has 3 rings (SSSR count). The average molecular weight is 401 g/mol. The Kier molecular flexibility index (Phi) is 6.08. The molecule has 7 nitrogen and oxygen atoms in total. The van der Waals surface area contributed by atoms with Crippen LogP contribution in [0.4, 0.5) is 0 Å². The first-order valence-electron chi connectivity index (χ1n) is 9.08. The Morgan fingerprint density at radius 2 is 2.04 bits per heavy atom. The number of nitrogens with zero attached hydrogens (tertiary/aromatic N) is 2. The first-order valence-corrected chi connectivity index (χ1v) is 11.0. The van der Waals surface area contributed by atoms with Gasteiger partial charge in [0, 0.05) is 30.3 Å². The van der Waals surface area contributed by atoms with Gasteiger partial charge in [0.1, 0.15) is 17.1 Å². The van der Waals surface area contributed by atoms with Crippen molar-refractivity contribution in [1.29, 1.82) is 0 Å². The Balaban J connectivity index is 1.81. The van der Waals surface area contributed by atoms with Gasteiger partial charge in [-0.3, -0.25) is 4.79 Å². The molecule has 1 heterocycles. The van der Waals surface area contributed by atoms with Crippen molar-refractivity contribution in [2.24, 2.45) is 5.92 Å². The van der Waals surface area contributed by atoms with Crippen molar-refractivity contribution in [2.75, 3.05) is 6.26 Å². The molecular formula is C20H23N3O4S. The van der Waals surface area contributed by atoms with E-state index in [9.17, 15) is 13.2 Å². The molecule has 0 radical (unpaired) electrons. The summed E-state index contributed by atoms with van der Waals surface area (Å²) in [7, 11) is -3.26. The number of carbonyl (C=O) groups excluding carboxylic acids is 1. The Morgan fingerprint density at radius 1 is 1.32 bits per heavy atom. The summed E-state index contributed by atoms with van der Waals surface area (Å²) in [6.07, 6.45) is 7.07. The number of nitrogens with one attached hydrogen (secondary N) is 1. The number of rotatable bonds is 8. The number of carbonyl (C=O) groups is 1. The molecule has 1 saturated carbocycles. The van der Waals surface area contributed by atoms with Gasteiger partial charge in [-0.1, -0.05) is 24.3 Å². The van der Waals surface area contributed by atoms with Crippen LogP contribution in [0.5, 0.6) is 11.6 Å². The summed E-state index contributed by atoms with van der Waals surface area (Å²) in [5.74, 6) is 1.57. The summed E-state index contributed by atoms with van der Waals surface area (Å²) in [5, 5.41) is 3.78. The van der Waals surface area contributed by atoms with Gasteiger partial charge in [0.2, 0.25) is 5.88 Å². The number of amides is 1. The van der Waals surface area contributed by atoms with E-state index in [1.807, 2.05) is 18.2 Å². The van der Waals surface area contributed by atoms with Gasteiger partial charge >= 0.3 is 0 Å². The molecule has 1 aliphatic carbocycles. The molecule has 2 aromatic rings. The molecule has 0 spiro atoms. The highest BCUT2D eigenvalue weighted by molar-refractivity contribution is 7.93. The topological polar surface area (TPSA) is 98.2 Å². The molecule has 0 saturated heterocycles. The third kappa shape index (κ3) is 6.16. The second-order valence-electron chi connectivity index (χ2n) is 6.99. The number of ether oxygens (including phenoxy) is 1. The number of hydrogen-bond acceptors (Lipinski definition) is 6. The van der Waals surface area contributed by atoms with Gasteiger partial charge in [-0.15, -0.1) is 0 Å². The lowest BCUT2D eigenvalue weighted by Crippen LogP contribution is -2.31. The fourth-order valence-electron chi connectivity index (χ4n) is 2.51. The first-order chi connectivity index (χ1) is 13.3. The van der Waals surface area contributed by atoms with Crippen LogP contribution in [0, 0.1) is 5.92 Å². The predicted octanol–water partition coefficient (Wildman–Crippen LogP) is 2.90. The summed E-state index contributed by atoms with van der Waals surface area (Å²) in [6.45, 7) is 1.68. The number of hydrogen-bond donors (Lipinski definition) is 1. The maximum Gasteiger partial charge on any atom is 0.258 e. The van der Waals surface area contributed by atoms with Gasteiger partial charge in [-0.2, -0.15) is 4.98 Å². The van der Waals surface area contributed by atoms with Crippen LogP contribution in [0.25, 0.3) is 0 Å². The van der Waals surface area contributed by atoms with Crippen LogP contribution in [0.1, 0.15) is 35.9 Å². The van der Waals surface area contributed by atoms with Crippen molar-refractivity contribution in [3.8, 4) is 11.6 Å². The van der Waals surface area contributed by atoms with Crippen LogP contribution in [0.15, 0.2) is 48.0 Å². The van der Waals surface area contributed by atoms with Crippen LogP contribution < -0.4 is 10.1 Å². The van der Waals surface area contributed by atoms with Crippen LogP contribution in [-0.2, 0) is 16.3 Å². The molecule has 28 heavy (non-hydrogen) atoms. The Bertz CT molecular complexity index is 970. The Morgan fingerprint density at radius 3 is 2.68 bits per heavy atom. The van der Waals surface area contributed by atoms with E-state index < -0.39 is 21.8 Å². The monoisotopic (exact) mass is 401 g/mol. The number of sulfone groups is 1. The van der Waals surface area contributed by atoms with Gasteiger partial charge in [-0.25, -0.2) is 13.4 Å². The summed E-state index contributed by atoms with van der Waals surface area (Å²) in [4.78, 5) is 21.4. The molecular weight excluding hydrogens is 378 g/mol. The zero-order chi connectivity index (χ0) is 20.1. The zero-order valence-electron chi connectivity index (χ0n) is 15.8. The van der Waals surface area contributed by atoms with E-state index in [4.69, 9.17) is 4.74 Å². The van der Waals surface area contributed by atoms with Crippen molar-refractivity contribution in [2.45, 2.75) is 32.2 Å². The fraction of sp³-hybridized carbons (Fsp3) is 0.350. The summed E-state index contributed by atoms with van der Waals surface area (Å²) in [5.41, 5.74) is 0.197. The number of aromatic nitrogens is 2. The highest BCUT2D eigenvalue weighted by Crippen LogP contribution is 2.32. The molecule has 1 fully saturated rings. The summed E-state index contributed by atoms with van der Waals surface area (Å²) in [6, 6.07) is 8.61. The van der Waals surface area contributed by atoms with E-state index in [0.29, 0.717) is 17.5 Å². The Hall–Kier alpha value is -2.74. The molecule has 1 unspecified atom stereocenters. The molecule has 0 bridgehead atoms. The van der Waals surface area contributed by atoms with Gasteiger partial charge in [0.05, 0.1) is 0 Å². The van der Waals surface area contributed by atoms with E-state index in [1.54, 1.807) is 19.1 Å². The first kappa shape index (κ1) is 20.0. The van der Waals surface area contributed by atoms with Crippen molar-refractivity contribution in [1.82, 2.24) is 15.3 Å². The lowest BCUT2D eigenvalue weighted by atomic mass is 10.2. The third-order valence-corrected chi connectivity index (χ3v) is 4.80. The van der Waals surface area contributed by atoms with Gasteiger partial charge in [0.25, 0.3) is 5.91 Å². The van der Waals surface area contributed by atoms with E-state index in [0.717, 1.165) is 18.1 Å². The SMILES string of the molecule is CC(/C=C/S(C)(=O)=O)NC(=O)c1cnc(CC2CC2)nc1Oc1ccccc1. The standard InChI is InChI=1S/C20H23N3O4S/c1-14(10-11-28(2,25)26)22-19(24)17-13-21-18(12-15-8-9-15)23-20(17)27-16-6-4-3-5-7-16/h3-7,10-11,13-15H,8-9,12H2,1-2H3,(H,22,24)/b11-10+. The number of benzene rings is 1. The van der Waals surface area contributed by atoms with Crippen LogP contribution in [-0.4, -0.2) is 36.6 Å².